The van der Waals surface area contributed by atoms with Crippen LogP contribution in [0.1, 0.15) is 10.6 Å². The van der Waals surface area contributed by atoms with E-state index in [1.165, 1.54) is 11.3 Å². The van der Waals surface area contributed by atoms with Gasteiger partial charge in [0.1, 0.15) is 5.69 Å². The second-order valence-electron chi connectivity index (χ2n) is 7.32. The van der Waals surface area contributed by atoms with E-state index in [9.17, 15) is 8.42 Å². The standard InChI is InChI=1S/C17H24N4O3S2/c1-11-4-15(19-18-11)16-5-17(12(2)25-16)26(22,23)21-7-13-6-20(3)8-14(21)10-24-9-13/h4-5,13-14H,6-10H2,1-3H3,(H,18,19)/t13-,14-/m0/s1. The van der Waals surface area contributed by atoms with Crippen molar-refractivity contribution < 1.29 is 13.2 Å². The molecule has 0 aromatic carbocycles. The highest BCUT2D eigenvalue weighted by molar-refractivity contribution is 7.89. The van der Waals surface area contributed by atoms with Crippen LogP contribution in [0.3, 0.4) is 0 Å². The number of thiophene rings is 1. The van der Waals surface area contributed by atoms with Crippen molar-refractivity contribution in [3.8, 4) is 10.6 Å². The molecular formula is C17H24N4O3S2. The number of nitrogens with one attached hydrogen (secondary N) is 1. The molecule has 0 amide bonds. The molecule has 7 nitrogen and oxygen atoms in total. The monoisotopic (exact) mass is 396 g/mol. The molecule has 2 aliphatic rings. The number of H-pyrrole nitrogens is 1. The second kappa shape index (κ2) is 6.72. The zero-order chi connectivity index (χ0) is 18.5. The number of rotatable bonds is 3. The molecule has 2 aromatic rings. The molecule has 2 atom stereocenters. The number of hydrogen-bond donors (Lipinski definition) is 1. The number of aryl methyl sites for hydroxylation is 2. The summed E-state index contributed by atoms with van der Waals surface area (Å²) in [5.41, 5.74) is 1.74. The van der Waals surface area contributed by atoms with E-state index in [1.807, 2.05) is 19.9 Å². The van der Waals surface area contributed by atoms with Gasteiger partial charge in [0.05, 0.1) is 29.0 Å². The summed E-state index contributed by atoms with van der Waals surface area (Å²) in [6.07, 6.45) is 0. The number of sulfonamides is 1. The summed E-state index contributed by atoms with van der Waals surface area (Å²) in [5.74, 6) is 0.203. The summed E-state index contributed by atoms with van der Waals surface area (Å²) in [6.45, 7) is 6.95. The maximum absolute atomic E-state index is 13.5. The highest BCUT2D eigenvalue weighted by Crippen LogP contribution is 2.36. The van der Waals surface area contributed by atoms with Crippen LogP contribution < -0.4 is 0 Å². The van der Waals surface area contributed by atoms with E-state index >= 15 is 0 Å². The van der Waals surface area contributed by atoms with Crippen LogP contribution in [0.15, 0.2) is 17.0 Å². The molecule has 2 saturated heterocycles. The average Bonchev–Trinajstić information content (AvgIpc) is 3.04. The van der Waals surface area contributed by atoms with Crippen molar-refractivity contribution in [3.63, 3.8) is 0 Å². The average molecular weight is 397 g/mol. The fraction of sp³-hybridized carbons (Fsp3) is 0.588. The van der Waals surface area contributed by atoms with E-state index in [0.717, 1.165) is 27.7 Å². The third kappa shape index (κ3) is 3.22. The maximum atomic E-state index is 13.5. The van der Waals surface area contributed by atoms with E-state index in [-0.39, 0.29) is 12.0 Å². The molecule has 142 valence electrons. The van der Waals surface area contributed by atoms with Gasteiger partial charge >= 0.3 is 0 Å². The summed E-state index contributed by atoms with van der Waals surface area (Å²) in [5, 5.41) is 7.18. The van der Waals surface area contributed by atoms with Crippen molar-refractivity contribution in [2.24, 2.45) is 5.92 Å². The van der Waals surface area contributed by atoms with Gasteiger partial charge in [0, 0.05) is 36.1 Å². The summed E-state index contributed by atoms with van der Waals surface area (Å²) in [6, 6.07) is 3.56. The maximum Gasteiger partial charge on any atom is 0.244 e. The lowest BCUT2D eigenvalue weighted by Gasteiger charge is -2.28. The van der Waals surface area contributed by atoms with Gasteiger partial charge in [-0.05, 0) is 33.0 Å². The molecule has 2 aliphatic heterocycles. The fourth-order valence-corrected chi connectivity index (χ4v) is 7.05. The van der Waals surface area contributed by atoms with E-state index in [2.05, 4.69) is 22.1 Å². The summed E-state index contributed by atoms with van der Waals surface area (Å²) >= 11 is 1.47. The first kappa shape index (κ1) is 18.1. The van der Waals surface area contributed by atoms with Crippen molar-refractivity contribution in [1.29, 1.82) is 0 Å². The zero-order valence-electron chi connectivity index (χ0n) is 15.2. The quantitative estimate of drug-likeness (QED) is 0.854. The Morgan fingerprint density at radius 1 is 1.23 bits per heavy atom. The van der Waals surface area contributed by atoms with Crippen LogP contribution in [-0.2, 0) is 14.8 Å². The van der Waals surface area contributed by atoms with Gasteiger partial charge in [-0.3, -0.25) is 5.10 Å². The van der Waals surface area contributed by atoms with Gasteiger partial charge in [-0.1, -0.05) is 0 Å². The second-order valence-corrected chi connectivity index (χ2v) is 10.4. The Morgan fingerprint density at radius 2 is 2.04 bits per heavy atom. The predicted molar refractivity (Wildman–Crippen MR) is 101 cm³/mol. The van der Waals surface area contributed by atoms with Gasteiger partial charge in [0.15, 0.2) is 0 Å². The van der Waals surface area contributed by atoms with E-state index in [0.29, 0.717) is 31.2 Å². The van der Waals surface area contributed by atoms with Crippen molar-refractivity contribution in [2.75, 3.05) is 39.9 Å². The Bertz CT molecular complexity index is 905. The van der Waals surface area contributed by atoms with Crippen LogP contribution in [0.2, 0.25) is 0 Å². The molecule has 1 N–H and O–H groups in total. The minimum Gasteiger partial charge on any atom is -0.379 e. The number of likely N-dealkylation sites (N-methyl/N-ethyl adjacent to an activating group) is 1. The summed E-state index contributed by atoms with van der Waals surface area (Å²) < 4.78 is 34.4. The SMILES string of the molecule is Cc1cc(-c2cc(S(=O)(=O)N3C[C@H]4COC[C@@H]3CN(C)C4)c(C)s2)n[nH]1. The Balaban J connectivity index is 1.71. The van der Waals surface area contributed by atoms with Crippen LogP contribution >= 0.6 is 11.3 Å². The normalized spacial score (nSPS) is 25.3. The van der Waals surface area contributed by atoms with Crippen LogP contribution in [0.25, 0.3) is 10.6 Å². The van der Waals surface area contributed by atoms with Crippen molar-refractivity contribution >= 4 is 21.4 Å². The third-order valence-corrected chi connectivity index (χ3v) is 8.27. The fourth-order valence-electron chi connectivity index (χ4n) is 3.85. The Hall–Kier alpha value is -1.26. The highest BCUT2D eigenvalue weighted by atomic mass is 32.2. The van der Waals surface area contributed by atoms with Gasteiger partial charge in [0.25, 0.3) is 0 Å². The number of fused-ring (bicyclic) bond motifs is 3. The van der Waals surface area contributed by atoms with Crippen molar-refractivity contribution in [2.45, 2.75) is 24.8 Å². The van der Waals surface area contributed by atoms with Gasteiger partial charge in [-0.15, -0.1) is 11.3 Å². The molecule has 4 rings (SSSR count). The Labute approximate surface area is 158 Å². The first-order chi connectivity index (χ1) is 12.3. The third-order valence-electron chi connectivity index (χ3n) is 5.02. The molecule has 26 heavy (non-hydrogen) atoms. The molecule has 4 heterocycles. The lowest BCUT2D eigenvalue weighted by molar-refractivity contribution is 0.0659. The van der Waals surface area contributed by atoms with E-state index in [1.54, 1.807) is 10.4 Å². The highest BCUT2D eigenvalue weighted by Gasteiger charge is 2.40. The van der Waals surface area contributed by atoms with Crippen LogP contribution in [0, 0.1) is 19.8 Å². The number of hydrogen-bond acceptors (Lipinski definition) is 6. The zero-order valence-corrected chi connectivity index (χ0v) is 16.9. The largest absolute Gasteiger partial charge is 0.379 e. The predicted octanol–water partition coefficient (Wildman–Crippen LogP) is 1.71. The Kier molecular flexibility index (Phi) is 4.68. The van der Waals surface area contributed by atoms with Gasteiger partial charge in [-0.2, -0.15) is 9.40 Å². The lowest BCUT2D eigenvalue weighted by atomic mass is 10.1. The molecule has 0 spiro atoms. The lowest BCUT2D eigenvalue weighted by Crippen LogP contribution is -2.45. The molecule has 2 fully saturated rings. The molecule has 2 aromatic heterocycles. The Morgan fingerprint density at radius 3 is 2.77 bits per heavy atom. The number of aromatic nitrogens is 2. The van der Waals surface area contributed by atoms with Crippen LogP contribution in [0.5, 0.6) is 0 Å². The number of ether oxygens (including phenoxy) is 1. The molecule has 0 aliphatic carbocycles. The van der Waals surface area contributed by atoms with Gasteiger partial charge in [-0.25, -0.2) is 8.42 Å². The number of aromatic amines is 1. The van der Waals surface area contributed by atoms with Crippen molar-refractivity contribution in [3.05, 3.63) is 22.7 Å². The number of nitrogens with zero attached hydrogens (tertiary/aromatic N) is 3. The summed E-state index contributed by atoms with van der Waals surface area (Å²) in [7, 11) is -1.52. The summed E-state index contributed by atoms with van der Waals surface area (Å²) in [4.78, 5) is 4.28. The topological polar surface area (TPSA) is 78.5 Å². The molecule has 9 heteroatoms. The van der Waals surface area contributed by atoms with E-state index in [4.69, 9.17) is 4.74 Å². The van der Waals surface area contributed by atoms with Crippen molar-refractivity contribution in [1.82, 2.24) is 19.4 Å². The molecular weight excluding hydrogens is 372 g/mol. The first-order valence-electron chi connectivity index (χ1n) is 8.75. The minimum atomic E-state index is -3.57. The minimum absolute atomic E-state index is 0.145. The van der Waals surface area contributed by atoms with Crippen LogP contribution in [-0.4, -0.2) is 73.8 Å². The van der Waals surface area contributed by atoms with E-state index < -0.39 is 10.0 Å². The molecule has 0 saturated carbocycles. The first-order valence-corrected chi connectivity index (χ1v) is 11.0. The molecule has 0 radical (unpaired) electrons. The smallest absolute Gasteiger partial charge is 0.244 e. The molecule has 0 unspecified atom stereocenters. The van der Waals surface area contributed by atoms with Gasteiger partial charge in [0.2, 0.25) is 10.0 Å². The van der Waals surface area contributed by atoms with Gasteiger partial charge < -0.3 is 9.64 Å². The van der Waals surface area contributed by atoms with Crippen LogP contribution in [0.4, 0.5) is 0 Å². The molecule has 2 bridgehead atoms.